The molecule has 3 rings (SSSR count). The number of ether oxygens (including phenoxy) is 3. The normalized spacial score (nSPS) is 14.8. The van der Waals surface area contributed by atoms with Crippen LogP contribution in [-0.4, -0.2) is 30.7 Å². The second-order valence-corrected chi connectivity index (χ2v) is 6.46. The topological polar surface area (TPSA) is 99.9 Å². The molecule has 1 N–H and O–H groups in total. The number of hydrogen-bond donors (Lipinski definition) is 1. The van der Waals surface area contributed by atoms with Crippen LogP contribution in [0, 0.1) is 10.1 Å². The van der Waals surface area contributed by atoms with Gasteiger partial charge >= 0.3 is 5.69 Å². The van der Waals surface area contributed by atoms with Crippen LogP contribution in [0.3, 0.4) is 0 Å². The van der Waals surface area contributed by atoms with Gasteiger partial charge in [-0.15, -0.1) is 0 Å². The number of amides is 1. The first-order valence-electron chi connectivity index (χ1n) is 8.98. The lowest BCUT2D eigenvalue weighted by molar-refractivity contribution is -0.385. The molecule has 1 aliphatic heterocycles. The summed E-state index contributed by atoms with van der Waals surface area (Å²) in [5.74, 6) is 1.16. The molecule has 28 heavy (non-hydrogen) atoms. The Morgan fingerprint density at radius 1 is 1.32 bits per heavy atom. The Labute approximate surface area is 162 Å². The first-order valence-corrected chi connectivity index (χ1v) is 8.98. The summed E-state index contributed by atoms with van der Waals surface area (Å²) in [5, 5.41) is 13.9. The molecular formula is C20H22N2O6. The highest BCUT2D eigenvalue weighted by atomic mass is 16.6. The van der Waals surface area contributed by atoms with Gasteiger partial charge in [0.25, 0.3) is 5.91 Å². The molecule has 1 unspecified atom stereocenters. The third-order valence-electron chi connectivity index (χ3n) is 4.46. The SMILES string of the molecule is CCOc1cc2c(cc1CNC(=O)c1ccc(OC)c([N+](=O)[O-])c1)OC(C)C2. The fourth-order valence-electron chi connectivity index (χ4n) is 3.16. The summed E-state index contributed by atoms with van der Waals surface area (Å²) in [6.07, 6.45) is 0.923. The highest BCUT2D eigenvalue weighted by Crippen LogP contribution is 2.35. The molecule has 0 aromatic heterocycles. The van der Waals surface area contributed by atoms with Crippen LogP contribution in [0.4, 0.5) is 5.69 Å². The summed E-state index contributed by atoms with van der Waals surface area (Å²) in [5.41, 5.74) is 1.78. The van der Waals surface area contributed by atoms with Gasteiger partial charge < -0.3 is 19.5 Å². The van der Waals surface area contributed by atoms with Gasteiger partial charge in [-0.1, -0.05) is 0 Å². The Balaban J connectivity index is 1.79. The van der Waals surface area contributed by atoms with E-state index in [-0.39, 0.29) is 29.6 Å². The number of carbonyl (C=O) groups is 1. The van der Waals surface area contributed by atoms with Gasteiger partial charge in [-0.05, 0) is 38.1 Å². The summed E-state index contributed by atoms with van der Waals surface area (Å²) in [6.45, 7) is 4.60. The number of nitrogens with zero attached hydrogens (tertiary/aromatic N) is 1. The van der Waals surface area contributed by atoms with E-state index in [9.17, 15) is 14.9 Å². The molecule has 0 fully saturated rings. The maximum Gasteiger partial charge on any atom is 0.311 e. The number of fused-ring (bicyclic) bond motifs is 1. The Morgan fingerprint density at radius 3 is 2.79 bits per heavy atom. The van der Waals surface area contributed by atoms with Crippen molar-refractivity contribution in [1.82, 2.24) is 5.32 Å². The fourth-order valence-corrected chi connectivity index (χ4v) is 3.16. The Morgan fingerprint density at radius 2 is 2.11 bits per heavy atom. The van der Waals surface area contributed by atoms with Gasteiger partial charge in [0.15, 0.2) is 5.75 Å². The molecular weight excluding hydrogens is 364 g/mol. The average molecular weight is 386 g/mol. The number of methoxy groups -OCH3 is 1. The maximum absolute atomic E-state index is 12.5. The van der Waals surface area contributed by atoms with Crippen molar-refractivity contribution in [1.29, 1.82) is 0 Å². The van der Waals surface area contributed by atoms with Crippen molar-refractivity contribution in [2.45, 2.75) is 32.9 Å². The fraction of sp³-hybridized carbons (Fsp3) is 0.350. The molecule has 2 aromatic carbocycles. The van der Waals surface area contributed by atoms with E-state index in [2.05, 4.69) is 5.32 Å². The minimum atomic E-state index is -0.582. The molecule has 8 nitrogen and oxygen atoms in total. The van der Waals surface area contributed by atoms with Crippen LogP contribution < -0.4 is 19.5 Å². The van der Waals surface area contributed by atoms with Crippen LogP contribution in [0.5, 0.6) is 17.2 Å². The standard InChI is InChI=1S/C20H22N2O6/c1-4-27-18-9-14-7-12(2)28-19(14)10-15(18)11-21-20(23)13-5-6-17(26-3)16(8-13)22(24)25/h5-6,8-10,12H,4,7,11H2,1-3H3,(H,21,23). The predicted molar refractivity (Wildman–Crippen MR) is 102 cm³/mol. The summed E-state index contributed by atoms with van der Waals surface area (Å²) >= 11 is 0. The molecule has 1 amide bonds. The lowest BCUT2D eigenvalue weighted by Crippen LogP contribution is -2.23. The summed E-state index contributed by atoms with van der Waals surface area (Å²) in [4.78, 5) is 23.1. The third kappa shape index (κ3) is 4.00. The smallest absolute Gasteiger partial charge is 0.311 e. The van der Waals surface area contributed by atoms with Crippen LogP contribution in [0.2, 0.25) is 0 Å². The summed E-state index contributed by atoms with van der Waals surface area (Å²) in [6, 6.07) is 7.91. The molecule has 8 heteroatoms. The number of nitro groups is 1. The first-order chi connectivity index (χ1) is 13.4. The number of benzene rings is 2. The number of rotatable bonds is 7. The van der Waals surface area contributed by atoms with Crippen LogP contribution >= 0.6 is 0 Å². The van der Waals surface area contributed by atoms with Gasteiger partial charge in [-0.2, -0.15) is 0 Å². The minimum Gasteiger partial charge on any atom is -0.494 e. The van der Waals surface area contributed by atoms with E-state index in [1.165, 1.54) is 25.3 Å². The van der Waals surface area contributed by atoms with Crippen molar-refractivity contribution in [3.8, 4) is 17.2 Å². The van der Waals surface area contributed by atoms with E-state index in [0.717, 1.165) is 23.3 Å². The molecule has 0 bridgehead atoms. The molecule has 1 heterocycles. The van der Waals surface area contributed by atoms with Crippen LogP contribution in [-0.2, 0) is 13.0 Å². The quantitative estimate of drug-likeness (QED) is 0.579. The van der Waals surface area contributed by atoms with Gasteiger partial charge in [-0.25, -0.2) is 0 Å². The second kappa shape index (κ2) is 8.16. The van der Waals surface area contributed by atoms with Gasteiger partial charge in [0.1, 0.15) is 17.6 Å². The summed E-state index contributed by atoms with van der Waals surface area (Å²) in [7, 11) is 1.34. The largest absolute Gasteiger partial charge is 0.494 e. The molecule has 0 aliphatic carbocycles. The first kappa shape index (κ1) is 19.5. The molecule has 1 aliphatic rings. The number of nitro benzene ring substituents is 1. The van der Waals surface area contributed by atoms with Gasteiger partial charge in [0.05, 0.1) is 18.6 Å². The zero-order valence-corrected chi connectivity index (χ0v) is 16.0. The number of hydrogen-bond acceptors (Lipinski definition) is 6. The molecule has 2 aromatic rings. The van der Waals surface area contributed by atoms with Crippen LogP contribution in [0.15, 0.2) is 30.3 Å². The molecule has 1 atom stereocenters. The highest BCUT2D eigenvalue weighted by molar-refractivity contribution is 5.95. The van der Waals surface area contributed by atoms with Crippen molar-refractivity contribution in [2.24, 2.45) is 0 Å². The van der Waals surface area contributed by atoms with Crippen molar-refractivity contribution >= 4 is 11.6 Å². The van der Waals surface area contributed by atoms with Crippen molar-refractivity contribution in [2.75, 3.05) is 13.7 Å². The van der Waals surface area contributed by atoms with E-state index in [4.69, 9.17) is 14.2 Å². The Kier molecular flexibility index (Phi) is 5.67. The predicted octanol–water partition coefficient (Wildman–Crippen LogP) is 3.26. The van der Waals surface area contributed by atoms with Gasteiger partial charge in [-0.3, -0.25) is 14.9 Å². The van der Waals surface area contributed by atoms with E-state index in [0.29, 0.717) is 12.4 Å². The molecule has 0 radical (unpaired) electrons. The van der Waals surface area contributed by atoms with Crippen molar-refractivity contribution in [3.63, 3.8) is 0 Å². The van der Waals surface area contributed by atoms with Crippen molar-refractivity contribution in [3.05, 3.63) is 57.1 Å². The van der Waals surface area contributed by atoms with E-state index >= 15 is 0 Å². The zero-order valence-electron chi connectivity index (χ0n) is 16.0. The summed E-state index contributed by atoms with van der Waals surface area (Å²) < 4.78 is 16.4. The molecule has 0 saturated heterocycles. The van der Waals surface area contributed by atoms with Gasteiger partial charge in [0, 0.05) is 35.7 Å². The lowest BCUT2D eigenvalue weighted by atomic mass is 10.1. The lowest BCUT2D eigenvalue weighted by Gasteiger charge is -2.13. The minimum absolute atomic E-state index is 0.102. The molecule has 148 valence electrons. The Hall–Kier alpha value is -3.29. The zero-order chi connectivity index (χ0) is 20.3. The van der Waals surface area contributed by atoms with Crippen LogP contribution in [0.25, 0.3) is 0 Å². The van der Waals surface area contributed by atoms with Gasteiger partial charge in [0.2, 0.25) is 0 Å². The van der Waals surface area contributed by atoms with Crippen LogP contribution in [0.1, 0.15) is 35.3 Å². The van der Waals surface area contributed by atoms with Crippen molar-refractivity contribution < 1.29 is 23.9 Å². The third-order valence-corrected chi connectivity index (χ3v) is 4.46. The van der Waals surface area contributed by atoms with E-state index in [1.54, 1.807) is 0 Å². The molecule has 0 saturated carbocycles. The number of carbonyl (C=O) groups excluding carboxylic acids is 1. The Bertz CT molecular complexity index is 912. The monoisotopic (exact) mass is 386 g/mol. The molecule has 0 spiro atoms. The van der Waals surface area contributed by atoms with E-state index in [1.807, 2.05) is 26.0 Å². The average Bonchev–Trinajstić information content (AvgIpc) is 3.04. The number of nitrogens with one attached hydrogen (secondary N) is 1. The highest BCUT2D eigenvalue weighted by Gasteiger charge is 2.23. The van der Waals surface area contributed by atoms with E-state index < -0.39 is 10.8 Å². The second-order valence-electron chi connectivity index (χ2n) is 6.46. The maximum atomic E-state index is 12.5.